The van der Waals surface area contributed by atoms with E-state index in [4.69, 9.17) is 0 Å². The van der Waals surface area contributed by atoms with Crippen LogP contribution in [0.2, 0.25) is 0 Å². The van der Waals surface area contributed by atoms with Gasteiger partial charge in [-0.05, 0) is 69.1 Å². The molecule has 1 unspecified atom stereocenters. The lowest BCUT2D eigenvalue weighted by molar-refractivity contribution is -0.150. The Kier molecular flexibility index (Phi) is 2.29. The normalized spacial score (nSPS) is 49.9. The van der Waals surface area contributed by atoms with E-state index in [1.54, 1.807) is 0 Å². The molecule has 5 rings (SSSR count). The van der Waals surface area contributed by atoms with Crippen molar-refractivity contribution in [1.82, 2.24) is 0 Å². The summed E-state index contributed by atoms with van der Waals surface area (Å²) >= 11 is 0. The van der Waals surface area contributed by atoms with Crippen molar-refractivity contribution in [2.45, 2.75) is 57.8 Å². The molecule has 0 heterocycles. The molecule has 0 aromatic carbocycles. The molecular formula is C16H22O2. The molecule has 2 heteroatoms. The van der Waals surface area contributed by atoms with Crippen LogP contribution in [0, 0.1) is 29.1 Å². The van der Waals surface area contributed by atoms with Crippen molar-refractivity contribution in [3.8, 4) is 0 Å². The maximum Gasteiger partial charge on any atom is 0.149 e. The van der Waals surface area contributed by atoms with E-state index in [9.17, 15) is 9.59 Å². The number of ketones is 2. The summed E-state index contributed by atoms with van der Waals surface area (Å²) in [5, 5.41) is 0. The first-order valence-electron chi connectivity index (χ1n) is 7.73. The van der Waals surface area contributed by atoms with Crippen molar-refractivity contribution in [3.05, 3.63) is 0 Å². The fourth-order valence-electron chi connectivity index (χ4n) is 5.87. The van der Waals surface area contributed by atoms with E-state index >= 15 is 0 Å². The number of rotatable bonds is 2. The molecule has 0 saturated heterocycles. The van der Waals surface area contributed by atoms with Gasteiger partial charge < -0.3 is 0 Å². The summed E-state index contributed by atoms with van der Waals surface area (Å²) in [6, 6.07) is 0. The maximum absolute atomic E-state index is 12.9. The third-order valence-electron chi connectivity index (χ3n) is 6.18. The number of hydrogen-bond donors (Lipinski definition) is 0. The third kappa shape index (κ3) is 1.47. The van der Waals surface area contributed by atoms with Gasteiger partial charge in [0, 0.05) is 11.8 Å². The summed E-state index contributed by atoms with van der Waals surface area (Å²) in [4.78, 5) is 24.8. The Morgan fingerprint density at radius 2 is 1.56 bits per heavy atom. The lowest BCUT2D eigenvalue weighted by atomic mass is 9.47. The third-order valence-corrected chi connectivity index (χ3v) is 6.18. The molecule has 4 bridgehead atoms. The van der Waals surface area contributed by atoms with Gasteiger partial charge in [-0.25, -0.2) is 0 Å². The van der Waals surface area contributed by atoms with Gasteiger partial charge in [0.2, 0.25) is 0 Å². The summed E-state index contributed by atoms with van der Waals surface area (Å²) in [5.74, 6) is 2.81. The van der Waals surface area contributed by atoms with Crippen LogP contribution in [-0.2, 0) is 9.59 Å². The fraction of sp³-hybridized carbons (Fsp3) is 0.875. The molecule has 1 atom stereocenters. The highest BCUT2D eigenvalue weighted by Gasteiger charge is 2.56. The van der Waals surface area contributed by atoms with Gasteiger partial charge in [-0.3, -0.25) is 9.59 Å². The van der Waals surface area contributed by atoms with Crippen LogP contribution in [0.3, 0.4) is 0 Å². The molecule has 0 N–H and O–H groups in total. The lowest BCUT2D eigenvalue weighted by Gasteiger charge is -2.56. The summed E-state index contributed by atoms with van der Waals surface area (Å²) in [5.41, 5.74) is -0.0561. The van der Waals surface area contributed by atoms with Crippen molar-refractivity contribution in [1.29, 1.82) is 0 Å². The second kappa shape index (κ2) is 3.68. The maximum atomic E-state index is 12.9. The summed E-state index contributed by atoms with van der Waals surface area (Å²) in [7, 11) is 0. The van der Waals surface area contributed by atoms with Gasteiger partial charge in [0.25, 0.3) is 0 Å². The Hall–Kier alpha value is -0.660. The fourth-order valence-corrected chi connectivity index (χ4v) is 5.87. The van der Waals surface area contributed by atoms with Gasteiger partial charge in [-0.15, -0.1) is 0 Å². The largest absolute Gasteiger partial charge is 0.299 e. The van der Waals surface area contributed by atoms with E-state index in [-0.39, 0.29) is 17.1 Å². The van der Waals surface area contributed by atoms with Gasteiger partial charge >= 0.3 is 0 Å². The van der Waals surface area contributed by atoms with E-state index in [1.165, 1.54) is 19.3 Å². The van der Waals surface area contributed by atoms with Crippen LogP contribution in [0.1, 0.15) is 57.8 Å². The first kappa shape index (κ1) is 11.2. The highest BCUT2D eigenvalue weighted by atomic mass is 16.2. The van der Waals surface area contributed by atoms with Crippen LogP contribution < -0.4 is 0 Å². The van der Waals surface area contributed by atoms with Crippen molar-refractivity contribution in [2.75, 3.05) is 0 Å². The van der Waals surface area contributed by atoms with Crippen LogP contribution >= 0.6 is 0 Å². The number of hydrogen-bond acceptors (Lipinski definition) is 2. The average Bonchev–Trinajstić information content (AvgIpc) is 2.72. The molecule has 98 valence electrons. The highest BCUT2D eigenvalue weighted by Crippen LogP contribution is 2.61. The minimum atomic E-state index is -0.207. The molecule has 0 aromatic heterocycles. The second-order valence-electron chi connectivity index (χ2n) is 7.47. The van der Waals surface area contributed by atoms with Gasteiger partial charge in [0.05, 0.1) is 5.92 Å². The molecule has 0 spiro atoms. The Bertz CT molecular complexity index is 374. The van der Waals surface area contributed by atoms with Crippen LogP contribution in [-0.4, -0.2) is 11.6 Å². The Labute approximate surface area is 109 Å². The Balaban J connectivity index is 1.63. The van der Waals surface area contributed by atoms with E-state index in [0.29, 0.717) is 12.2 Å². The molecule has 5 saturated carbocycles. The van der Waals surface area contributed by atoms with E-state index in [0.717, 1.165) is 49.9 Å². The zero-order valence-corrected chi connectivity index (χ0v) is 11.0. The van der Waals surface area contributed by atoms with Crippen LogP contribution in [0.25, 0.3) is 0 Å². The van der Waals surface area contributed by atoms with E-state index < -0.39 is 0 Å². The zero-order chi connectivity index (χ0) is 12.3. The van der Waals surface area contributed by atoms with Crippen molar-refractivity contribution < 1.29 is 9.59 Å². The smallest absolute Gasteiger partial charge is 0.149 e. The minimum Gasteiger partial charge on any atom is -0.299 e. The first-order valence-corrected chi connectivity index (χ1v) is 7.73. The quantitative estimate of drug-likeness (QED) is 0.701. The molecular weight excluding hydrogens is 224 g/mol. The van der Waals surface area contributed by atoms with Crippen LogP contribution in [0.15, 0.2) is 0 Å². The molecule has 0 amide bonds. The van der Waals surface area contributed by atoms with Crippen molar-refractivity contribution in [2.24, 2.45) is 29.1 Å². The Morgan fingerprint density at radius 1 is 1.00 bits per heavy atom. The van der Waals surface area contributed by atoms with Crippen LogP contribution in [0.4, 0.5) is 0 Å². The van der Waals surface area contributed by atoms with E-state index in [2.05, 4.69) is 0 Å². The summed E-state index contributed by atoms with van der Waals surface area (Å²) in [6.07, 6.45) is 9.88. The predicted octanol–water partition coefficient (Wildman–Crippen LogP) is 3.14. The van der Waals surface area contributed by atoms with Crippen LogP contribution in [0.5, 0.6) is 0 Å². The van der Waals surface area contributed by atoms with Gasteiger partial charge in [-0.1, -0.05) is 0 Å². The molecule has 0 aliphatic heterocycles. The number of carbonyl (C=O) groups excluding carboxylic acids is 2. The molecule has 5 fully saturated rings. The standard InChI is InChI=1S/C16H22O2/c17-14-3-1-2-13(14)15(18)16-7-10-4-11(8-16)6-12(5-10)9-16/h10-13H,1-9H2. The summed E-state index contributed by atoms with van der Waals surface area (Å²) < 4.78 is 0. The van der Waals surface area contributed by atoms with Gasteiger partial charge in [-0.2, -0.15) is 0 Å². The topological polar surface area (TPSA) is 34.1 Å². The average molecular weight is 246 g/mol. The first-order chi connectivity index (χ1) is 8.66. The Morgan fingerprint density at radius 3 is 2.00 bits per heavy atom. The molecule has 0 aromatic rings. The van der Waals surface area contributed by atoms with Crippen molar-refractivity contribution in [3.63, 3.8) is 0 Å². The molecule has 2 nitrogen and oxygen atoms in total. The molecule has 5 aliphatic carbocycles. The molecule has 5 aliphatic rings. The highest BCUT2D eigenvalue weighted by molar-refractivity contribution is 6.06. The predicted molar refractivity (Wildman–Crippen MR) is 68.0 cm³/mol. The summed E-state index contributed by atoms with van der Waals surface area (Å²) in [6.45, 7) is 0. The van der Waals surface area contributed by atoms with Gasteiger partial charge in [0.15, 0.2) is 0 Å². The van der Waals surface area contributed by atoms with Crippen molar-refractivity contribution >= 4 is 11.6 Å². The second-order valence-corrected chi connectivity index (χ2v) is 7.47. The van der Waals surface area contributed by atoms with E-state index in [1.807, 2.05) is 0 Å². The monoisotopic (exact) mass is 246 g/mol. The number of carbonyl (C=O) groups is 2. The minimum absolute atomic E-state index is 0.0561. The number of Topliss-reactive ketones (excluding diaryl/α,β-unsaturated/α-hetero) is 2. The molecule has 18 heavy (non-hydrogen) atoms. The SMILES string of the molecule is O=C1CCCC1C(=O)C12CC3CC(CC(C3)C1)C2. The lowest BCUT2D eigenvalue weighted by Crippen LogP contribution is -2.52. The van der Waals surface area contributed by atoms with Gasteiger partial charge in [0.1, 0.15) is 11.6 Å². The zero-order valence-electron chi connectivity index (χ0n) is 11.0. The molecule has 0 radical (unpaired) electrons.